The van der Waals surface area contributed by atoms with E-state index in [1.807, 2.05) is 0 Å². The Balaban J connectivity index is 2.92. The molecule has 0 aromatic heterocycles. The summed E-state index contributed by atoms with van der Waals surface area (Å²) in [7, 11) is 0. The molecule has 1 saturated heterocycles. The molecule has 5 unspecified atom stereocenters. The minimum Gasteiger partial charge on any atom is -0.477 e. The van der Waals surface area contributed by atoms with Crippen molar-refractivity contribution in [2.24, 2.45) is 0 Å². The molecule has 1 aliphatic rings. The molecule has 18 heavy (non-hydrogen) atoms. The summed E-state index contributed by atoms with van der Waals surface area (Å²) in [4.78, 5) is 10.8. The first-order chi connectivity index (χ1) is 8.23. The first kappa shape index (κ1) is 15.2. The maximum Gasteiger partial charge on any atom is 0.364 e. The highest BCUT2D eigenvalue weighted by atomic mass is 16.7. The van der Waals surface area contributed by atoms with Gasteiger partial charge in [0, 0.05) is 6.42 Å². The zero-order valence-corrected chi connectivity index (χ0v) is 9.25. The first-order valence-corrected chi connectivity index (χ1v) is 5.19. The second-order valence-electron chi connectivity index (χ2n) is 4.17. The van der Waals surface area contributed by atoms with Crippen LogP contribution in [0.15, 0.2) is 0 Å². The fourth-order valence-corrected chi connectivity index (χ4v) is 1.70. The minimum atomic E-state index is -2.78. The molecule has 1 aliphatic heterocycles. The summed E-state index contributed by atoms with van der Waals surface area (Å²) in [5.41, 5.74) is 0. The Morgan fingerprint density at radius 3 is 2.39 bits per heavy atom. The lowest BCUT2D eigenvalue weighted by Gasteiger charge is -2.42. The number of carboxylic acids is 1. The fourth-order valence-electron chi connectivity index (χ4n) is 1.70. The van der Waals surface area contributed by atoms with Gasteiger partial charge in [0.2, 0.25) is 0 Å². The molecule has 0 spiro atoms. The highest BCUT2D eigenvalue weighted by molar-refractivity contribution is 5.75. The van der Waals surface area contributed by atoms with E-state index < -0.39 is 55.3 Å². The predicted molar refractivity (Wildman–Crippen MR) is 53.2 cm³/mol. The fraction of sp³-hybridized carbons (Fsp3) is 0.889. The summed E-state index contributed by atoms with van der Waals surface area (Å²) in [6.45, 7) is -0.866. The van der Waals surface area contributed by atoms with Crippen LogP contribution in [0.1, 0.15) is 6.42 Å². The first-order valence-electron chi connectivity index (χ1n) is 5.19. The lowest BCUT2D eigenvalue weighted by molar-refractivity contribution is -0.312. The normalized spacial score (nSPS) is 40.2. The molecule has 0 aromatic carbocycles. The molecule has 7 N–H and O–H groups in total. The number of aliphatic hydroxyl groups is 6. The number of hydrogen-bond donors (Lipinski definition) is 7. The zero-order chi connectivity index (χ0) is 14.1. The van der Waals surface area contributed by atoms with Crippen LogP contribution in [-0.4, -0.2) is 84.6 Å². The molecule has 0 radical (unpaired) electrons. The number of aliphatic hydroxyl groups excluding tert-OH is 5. The van der Waals surface area contributed by atoms with Crippen LogP contribution in [0.2, 0.25) is 0 Å². The summed E-state index contributed by atoms with van der Waals surface area (Å²) in [5, 5.41) is 64.6. The Morgan fingerprint density at radius 2 is 1.94 bits per heavy atom. The molecule has 1 heterocycles. The van der Waals surface area contributed by atoms with Crippen molar-refractivity contribution >= 4 is 5.97 Å². The molecule has 1 rings (SSSR count). The maximum absolute atomic E-state index is 10.8. The Morgan fingerprint density at radius 1 is 1.39 bits per heavy atom. The van der Waals surface area contributed by atoms with Gasteiger partial charge in [-0.25, -0.2) is 4.79 Å². The van der Waals surface area contributed by atoms with Crippen molar-refractivity contribution < 1.29 is 45.3 Å². The molecule has 106 valence electrons. The Bertz CT molecular complexity index is 308. The topological polar surface area (TPSA) is 168 Å². The van der Waals surface area contributed by atoms with Crippen LogP contribution >= 0.6 is 0 Å². The van der Waals surface area contributed by atoms with E-state index in [1.165, 1.54) is 0 Å². The minimum absolute atomic E-state index is 0.790. The summed E-state index contributed by atoms with van der Waals surface area (Å²) < 4.78 is 4.63. The van der Waals surface area contributed by atoms with E-state index in [9.17, 15) is 30.3 Å². The van der Waals surface area contributed by atoms with Crippen molar-refractivity contribution in [3.63, 3.8) is 0 Å². The van der Waals surface area contributed by atoms with Crippen LogP contribution in [0.3, 0.4) is 0 Å². The molecule has 0 saturated carbocycles. The van der Waals surface area contributed by atoms with Crippen molar-refractivity contribution in [1.29, 1.82) is 0 Å². The number of hydrogen-bond acceptors (Lipinski definition) is 8. The van der Waals surface area contributed by atoms with E-state index in [0.717, 1.165) is 0 Å². The van der Waals surface area contributed by atoms with E-state index in [-0.39, 0.29) is 0 Å². The van der Waals surface area contributed by atoms with Gasteiger partial charge in [0.25, 0.3) is 5.79 Å². The Hall–Kier alpha value is -0.810. The number of aliphatic carboxylic acids is 1. The summed E-state index contributed by atoms with van der Waals surface area (Å²) in [6, 6.07) is 0. The Labute approximate surface area is 101 Å². The van der Waals surface area contributed by atoms with E-state index >= 15 is 0 Å². The average Bonchev–Trinajstić information content (AvgIpc) is 2.31. The van der Waals surface area contributed by atoms with Crippen LogP contribution in [0.4, 0.5) is 0 Å². The SMILES string of the molecule is O=C(O)C1(O)CC(O)[C@@H](O)C(C(O)C(O)CO)O1. The Kier molecular flexibility index (Phi) is 4.61. The number of ether oxygens (including phenoxy) is 1. The predicted octanol–water partition coefficient (Wildman–Crippen LogP) is -4.02. The van der Waals surface area contributed by atoms with E-state index in [0.29, 0.717) is 0 Å². The van der Waals surface area contributed by atoms with Crippen molar-refractivity contribution in [2.45, 2.75) is 42.7 Å². The quantitative estimate of drug-likeness (QED) is 0.268. The van der Waals surface area contributed by atoms with Gasteiger partial charge in [0.15, 0.2) is 0 Å². The molecule has 0 bridgehead atoms. The monoisotopic (exact) mass is 268 g/mol. The van der Waals surface area contributed by atoms with Crippen LogP contribution in [-0.2, 0) is 9.53 Å². The molecule has 9 heteroatoms. The van der Waals surface area contributed by atoms with E-state index in [1.54, 1.807) is 0 Å². The van der Waals surface area contributed by atoms with Crippen LogP contribution < -0.4 is 0 Å². The average molecular weight is 268 g/mol. The number of rotatable bonds is 4. The molecule has 0 aromatic rings. The lowest BCUT2D eigenvalue weighted by Crippen LogP contribution is -2.63. The smallest absolute Gasteiger partial charge is 0.364 e. The highest BCUT2D eigenvalue weighted by Gasteiger charge is 2.53. The molecule has 6 atom stereocenters. The van der Waals surface area contributed by atoms with E-state index in [2.05, 4.69) is 4.74 Å². The van der Waals surface area contributed by atoms with Crippen molar-refractivity contribution in [2.75, 3.05) is 6.61 Å². The number of carboxylic acid groups (broad SMARTS) is 1. The highest BCUT2D eigenvalue weighted by Crippen LogP contribution is 2.30. The third kappa shape index (κ3) is 2.78. The van der Waals surface area contributed by atoms with Gasteiger partial charge in [0.05, 0.1) is 12.7 Å². The number of carbonyl (C=O) groups is 1. The molecular formula is C9H16O9. The van der Waals surface area contributed by atoms with E-state index in [4.69, 9.17) is 10.2 Å². The summed E-state index contributed by atoms with van der Waals surface area (Å²) in [6.07, 6.45) is -9.50. The summed E-state index contributed by atoms with van der Waals surface area (Å²) >= 11 is 0. The van der Waals surface area contributed by atoms with Gasteiger partial charge in [-0.3, -0.25) is 0 Å². The van der Waals surface area contributed by atoms with Crippen LogP contribution in [0.5, 0.6) is 0 Å². The zero-order valence-electron chi connectivity index (χ0n) is 9.25. The largest absolute Gasteiger partial charge is 0.477 e. The van der Waals surface area contributed by atoms with Gasteiger partial charge >= 0.3 is 5.97 Å². The maximum atomic E-state index is 10.8. The van der Waals surface area contributed by atoms with Crippen LogP contribution in [0, 0.1) is 0 Å². The van der Waals surface area contributed by atoms with Gasteiger partial charge in [-0.05, 0) is 0 Å². The van der Waals surface area contributed by atoms with Crippen LogP contribution in [0.25, 0.3) is 0 Å². The van der Waals surface area contributed by atoms with Gasteiger partial charge in [-0.15, -0.1) is 0 Å². The molecule has 0 aliphatic carbocycles. The van der Waals surface area contributed by atoms with Crippen molar-refractivity contribution in [1.82, 2.24) is 0 Å². The van der Waals surface area contributed by atoms with Crippen molar-refractivity contribution in [3.8, 4) is 0 Å². The molecule has 9 nitrogen and oxygen atoms in total. The third-order valence-corrected chi connectivity index (χ3v) is 2.80. The molecule has 0 amide bonds. The lowest BCUT2D eigenvalue weighted by atomic mass is 9.91. The summed E-state index contributed by atoms with van der Waals surface area (Å²) in [5.74, 6) is -4.58. The van der Waals surface area contributed by atoms with Gasteiger partial charge < -0.3 is 40.5 Å². The standard InChI is InChI=1S/C9H16O9/c10-2-4(12)6(14)7-5(13)3(11)1-9(17,18-7)8(15)16/h3-7,10-14,17H,1-2H2,(H,15,16)/t3?,4?,5-,6?,7?,9?/m1/s1. The van der Waals surface area contributed by atoms with Gasteiger partial charge in [-0.2, -0.15) is 0 Å². The van der Waals surface area contributed by atoms with Crippen molar-refractivity contribution in [3.05, 3.63) is 0 Å². The van der Waals surface area contributed by atoms with Gasteiger partial charge in [-0.1, -0.05) is 0 Å². The second-order valence-corrected chi connectivity index (χ2v) is 4.17. The van der Waals surface area contributed by atoms with Gasteiger partial charge in [0.1, 0.15) is 24.4 Å². The third-order valence-electron chi connectivity index (χ3n) is 2.80. The molecule has 1 fully saturated rings. The molecular weight excluding hydrogens is 252 g/mol. The second kappa shape index (κ2) is 5.45.